The second-order valence-corrected chi connectivity index (χ2v) is 5.07. The predicted molar refractivity (Wildman–Crippen MR) is 80.9 cm³/mol. The number of nitrogens with one attached hydrogen (secondary N) is 1. The fourth-order valence-corrected chi connectivity index (χ4v) is 2.40. The van der Waals surface area contributed by atoms with Gasteiger partial charge in [-0.2, -0.15) is 20.1 Å². The number of aryl methyl sites for hydroxylation is 1. The molecule has 3 rings (SSSR count). The minimum Gasteiger partial charge on any atom is -0.493 e. The van der Waals surface area contributed by atoms with Gasteiger partial charge in [-0.3, -0.25) is 4.79 Å². The van der Waals surface area contributed by atoms with Gasteiger partial charge in [-0.05, 0) is 24.6 Å². The summed E-state index contributed by atoms with van der Waals surface area (Å²) >= 11 is 0. The first-order valence-electron chi connectivity index (χ1n) is 6.77. The van der Waals surface area contributed by atoms with Crippen molar-refractivity contribution in [3.05, 3.63) is 62.6 Å². The van der Waals surface area contributed by atoms with Crippen LogP contribution in [0.4, 0.5) is 0 Å². The van der Waals surface area contributed by atoms with Crippen molar-refractivity contribution in [3.8, 4) is 18.0 Å². The first-order chi connectivity index (χ1) is 11.0. The zero-order valence-electron chi connectivity index (χ0n) is 12.2. The normalized spacial score (nSPS) is 10.4. The Hall–Kier alpha value is -3.58. The monoisotopic (exact) mass is 305 g/mol. The third kappa shape index (κ3) is 2.30. The van der Waals surface area contributed by atoms with E-state index in [0.29, 0.717) is 11.3 Å². The summed E-state index contributed by atoms with van der Waals surface area (Å²) < 4.78 is 1.16. The molecule has 2 aromatic heterocycles. The summed E-state index contributed by atoms with van der Waals surface area (Å²) in [5.41, 5.74) is 1.79. The average Bonchev–Trinajstić information content (AvgIpc) is 2.87. The second-order valence-electron chi connectivity index (χ2n) is 5.07. The molecule has 2 heterocycles. The lowest BCUT2D eigenvalue weighted by Crippen LogP contribution is -2.16. The SMILES string of the molecule is Cc1nn2c(O)c(Cc3ccc(C#N)cc3)c(=O)[nH]c2c1C#N. The van der Waals surface area contributed by atoms with E-state index in [4.69, 9.17) is 10.5 Å². The van der Waals surface area contributed by atoms with Crippen LogP contribution in [0.25, 0.3) is 5.65 Å². The van der Waals surface area contributed by atoms with Crippen LogP contribution in [0.1, 0.15) is 27.9 Å². The van der Waals surface area contributed by atoms with Gasteiger partial charge >= 0.3 is 0 Å². The van der Waals surface area contributed by atoms with E-state index in [9.17, 15) is 9.90 Å². The molecule has 0 fully saturated rings. The zero-order valence-corrected chi connectivity index (χ0v) is 12.2. The number of nitrogens with zero attached hydrogens (tertiary/aromatic N) is 4. The fraction of sp³-hybridized carbons (Fsp3) is 0.125. The lowest BCUT2D eigenvalue weighted by molar-refractivity contribution is 0.427. The number of nitriles is 2. The molecule has 3 aromatic rings. The molecule has 0 aliphatic heterocycles. The predicted octanol–water partition coefficient (Wildman–Crippen LogP) is 1.37. The maximum atomic E-state index is 12.2. The number of hydrogen-bond acceptors (Lipinski definition) is 5. The number of H-pyrrole nitrogens is 1. The first-order valence-corrected chi connectivity index (χ1v) is 6.77. The van der Waals surface area contributed by atoms with Gasteiger partial charge in [0.15, 0.2) is 5.65 Å². The molecule has 0 saturated heterocycles. The molecule has 7 heteroatoms. The molecule has 0 aliphatic carbocycles. The topological polar surface area (TPSA) is 118 Å². The number of aromatic amines is 1. The molecule has 112 valence electrons. The Morgan fingerprint density at radius 3 is 2.57 bits per heavy atom. The fourth-order valence-electron chi connectivity index (χ4n) is 2.40. The molecule has 0 spiro atoms. The van der Waals surface area contributed by atoms with Gasteiger partial charge < -0.3 is 10.1 Å². The zero-order chi connectivity index (χ0) is 16.6. The Balaban J connectivity index is 2.13. The molecule has 1 aromatic carbocycles. The Morgan fingerprint density at radius 2 is 1.96 bits per heavy atom. The molecule has 7 nitrogen and oxygen atoms in total. The van der Waals surface area contributed by atoms with Crippen LogP contribution in [0.3, 0.4) is 0 Å². The highest BCUT2D eigenvalue weighted by molar-refractivity contribution is 5.59. The van der Waals surface area contributed by atoms with Gasteiger partial charge in [0.05, 0.1) is 22.9 Å². The van der Waals surface area contributed by atoms with E-state index in [1.807, 2.05) is 12.1 Å². The van der Waals surface area contributed by atoms with E-state index in [-0.39, 0.29) is 29.1 Å². The van der Waals surface area contributed by atoms with Crippen LogP contribution >= 0.6 is 0 Å². The molecule has 0 amide bonds. The Labute approximate surface area is 130 Å². The smallest absolute Gasteiger partial charge is 0.258 e. The van der Waals surface area contributed by atoms with E-state index in [1.165, 1.54) is 0 Å². The van der Waals surface area contributed by atoms with Gasteiger partial charge in [-0.25, -0.2) is 0 Å². The third-order valence-corrected chi connectivity index (χ3v) is 3.61. The van der Waals surface area contributed by atoms with Crippen LogP contribution in [-0.2, 0) is 6.42 Å². The second kappa shape index (κ2) is 5.32. The molecule has 0 aliphatic rings. The Kier molecular flexibility index (Phi) is 3.32. The highest BCUT2D eigenvalue weighted by atomic mass is 16.3. The summed E-state index contributed by atoms with van der Waals surface area (Å²) in [5, 5.41) is 32.3. The number of fused-ring (bicyclic) bond motifs is 1. The maximum Gasteiger partial charge on any atom is 0.258 e. The molecule has 23 heavy (non-hydrogen) atoms. The van der Waals surface area contributed by atoms with Gasteiger partial charge in [-0.1, -0.05) is 12.1 Å². The van der Waals surface area contributed by atoms with E-state index in [2.05, 4.69) is 10.1 Å². The van der Waals surface area contributed by atoms with E-state index in [0.717, 1.165) is 10.1 Å². The van der Waals surface area contributed by atoms with Crippen molar-refractivity contribution >= 4 is 5.65 Å². The van der Waals surface area contributed by atoms with Crippen LogP contribution in [0, 0.1) is 29.6 Å². The van der Waals surface area contributed by atoms with E-state index < -0.39 is 5.56 Å². The minimum absolute atomic E-state index is 0.147. The lowest BCUT2D eigenvalue weighted by atomic mass is 10.1. The molecule has 0 radical (unpaired) electrons. The van der Waals surface area contributed by atoms with Gasteiger partial charge in [0.1, 0.15) is 11.6 Å². The summed E-state index contributed by atoms with van der Waals surface area (Å²) in [7, 11) is 0. The van der Waals surface area contributed by atoms with E-state index in [1.54, 1.807) is 31.2 Å². The highest BCUT2D eigenvalue weighted by Gasteiger charge is 2.18. The van der Waals surface area contributed by atoms with Crippen molar-refractivity contribution in [3.63, 3.8) is 0 Å². The summed E-state index contributed by atoms with van der Waals surface area (Å²) in [6, 6.07) is 10.7. The van der Waals surface area contributed by atoms with Crippen molar-refractivity contribution < 1.29 is 5.11 Å². The number of rotatable bonds is 2. The largest absolute Gasteiger partial charge is 0.493 e. The molecule has 0 unspecified atom stereocenters. The summed E-state index contributed by atoms with van der Waals surface area (Å²) in [5.74, 6) is -0.294. The van der Waals surface area contributed by atoms with E-state index >= 15 is 0 Å². The van der Waals surface area contributed by atoms with Gasteiger partial charge in [0.25, 0.3) is 5.56 Å². The number of benzene rings is 1. The summed E-state index contributed by atoms with van der Waals surface area (Å²) in [6.07, 6.45) is 0.184. The third-order valence-electron chi connectivity index (χ3n) is 3.61. The molecular formula is C16H11N5O2. The molecule has 0 atom stereocenters. The molecule has 0 bridgehead atoms. The Morgan fingerprint density at radius 1 is 1.26 bits per heavy atom. The van der Waals surface area contributed by atoms with Gasteiger partial charge in [-0.15, -0.1) is 0 Å². The van der Waals surface area contributed by atoms with Crippen LogP contribution in [0.5, 0.6) is 5.88 Å². The van der Waals surface area contributed by atoms with Crippen molar-refractivity contribution in [2.45, 2.75) is 13.3 Å². The standard InChI is InChI=1S/C16H11N5O2/c1-9-13(8-18)14-19-15(22)12(16(23)21(14)20-9)6-10-2-4-11(7-17)5-3-10/h2-5,23H,6H2,1H3,(H,19,22). The Bertz CT molecular complexity index is 1050. The minimum atomic E-state index is -0.476. The van der Waals surface area contributed by atoms with Crippen LogP contribution in [0.15, 0.2) is 29.1 Å². The molecule has 2 N–H and O–H groups in total. The van der Waals surface area contributed by atoms with Gasteiger partial charge in [0.2, 0.25) is 5.88 Å². The lowest BCUT2D eigenvalue weighted by Gasteiger charge is -2.06. The quantitative estimate of drug-likeness (QED) is 0.741. The molecular weight excluding hydrogens is 294 g/mol. The van der Waals surface area contributed by atoms with Gasteiger partial charge in [0, 0.05) is 6.42 Å². The summed E-state index contributed by atoms with van der Waals surface area (Å²) in [4.78, 5) is 14.8. The number of aromatic hydroxyl groups is 1. The van der Waals surface area contributed by atoms with Crippen LogP contribution in [-0.4, -0.2) is 19.7 Å². The van der Waals surface area contributed by atoms with Crippen molar-refractivity contribution in [2.75, 3.05) is 0 Å². The first kappa shape index (κ1) is 14.4. The van der Waals surface area contributed by atoms with Crippen LogP contribution < -0.4 is 5.56 Å². The van der Waals surface area contributed by atoms with Crippen molar-refractivity contribution in [1.82, 2.24) is 14.6 Å². The van der Waals surface area contributed by atoms with Crippen molar-refractivity contribution in [2.24, 2.45) is 0 Å². The number of hydrogen-bond donors (Lipinski definition) is 2. The van der Waals surface area contributed by atoms with Crippen molar-refractivity contribution in [1.29, 1.82) is 10.5 Å². The number of aromatic nitrogens is 3. The van der Waals surface area contributed by atoms with Crippen LogP contribution in [0.2, 0.25) is 0 Å². The average molecular weight is 305 g/mol. The highest BCUT2D eigenvalue weighted by Crippen LogP contribution is 2.21. The summed E-state index contributed by atoms with van der Waals surface area (Å²) in [6.45, 7) is 1.63. The maximum absolute atomic E-state index is 12.2. The molecule has 0 saturated carbocycles.